The normalized spacial score (nSPS) is 31.9. The molecule has 2 heterocycles. The Morgan fingerprint density at radius 1 is 1.27 bits per heavy atom. The zero-order valence-electron chi connectivity index (χ0n) is 19.1. The molecule has 3 unspecified atom stereocenters. The molecule has 3 rings (SSSR count). The van der Waals surface area contributed by atoms with E-state index in [9.17, 15) is 9.59 Å². The molecule has 170 valence electrons. The van der Waals surface area contributed by atoms with E-state index < -0.39 is 17.0 Å². The van der Waals surface area contributed by atoms with Crippen LogP contribution in [-0.4, -0.2) is 37.5 Å². The van der Waals surface area contributed by atoms with Crippen molar-refractivity contribution in [3.63, 3.8) is 0 Å². The third kappa shape index (κ3) is 4.39. The average Bonchev–Trinajstić information content (AvgIpc) is 3.22. The van der Waals surface area contributed by atoms with Gasteiger partial charge in [-0.1, -0.05) is 33.6 Å². The van der Waals surface area contributed by atoms with Crippen molar-refractivity contribution in [2.75, 3.05) is 13.7 Å². The predicted molar refractivity (Wildman–Crippen MR) is 112 cm³/mol. The Labute approximate surface area is 180 Å². The number of ether oxygens (including phenoxy) is 4. The van der Waals surface area contributed by atoms with Gasteiger partial charge in [-0.2, -0.15) is 0 Å². The van der Waals surface area contributed by atoms with Crippen LogP contribution in [0.15, 0.2) is 11.8 Å². The van der Waals surface area contributed by atoms with Crippen LogP contribution in [0.5, 0.6) is 0 Å². The molecule has 2 aliphatic heterocycles. The van der Waals surface area contributed by atoms with Crippen molar-refractivity contribution >= 4 is 11.9 Å². The molecule has 0 aromatic carbocycles. The van der Waals surface area contributed by atoms with Gasteiger partial charge in [-0.3, -0.25) is 4.79 Å². The summed E-state index contributed by atoms with van der Waals surface area (Å²) >= 11 is 0. The van der Waals surface area contributed by atoms with Crippen molar-refractivity contribution in [1.82, 2.24) is 0 Å². The Hall–Kier alpha value is -1.56. The van der Waals surface area contributed by atoms with E-state index in [2.05, 4.69) is 26.8 Å². The topological polar surface area (TPSA) is 71.1 Å². The number of carbonyl (C=O) groups excluding carboxylic acids is 2. The molecule has 1 aliphatic carbocycles. The Bertz CT molecular complexity index is 663. The van der Waals surface area contributed by atoms with Crippen LogP contribution in [0.1, 0.15) is 91.4 Å². The first kappa shape index (κ1) is 23.1. The van der Waals surface area contributed by atoms with Gasteiger partial charge < -0.3 is 18.9 Å². The lowest BCUT2D eigenvalue weighted by Gasteiger charge is -2.39. The highest BCUT2D eigenvalue weighted by molar-refractivity contribution is 5.90. The molecule has 3 aliphatic rings. The van der Waals surface area contributed by atoms with Crippen LogP contribution < -0.4 is 0 Å². The largest absolute Gasteiger partial charge is 0.469 e. The van der Waals surface area contributed by atoms with E-state index in [4.69, 9.17) is 18.9 Å². The zero-order valence-corrected chi connectivity index (χ0v) is 19.1. The van der Waals surface area contributed by atoms with Gasteiger partial charge in [0.15, 0.2) is 6.29 Å². The molecule has 30 heavy (non-hydrogen) atoms. The molecule has 0 aromatic heterocycles. The Kier molecular flexibility index (Phi) is 7.16. The molecular formula is C24H38O6. The van der Waals surface area contributed by atoms with E-state index in [1.54, 1.807) is 0 Å². The molecule has 0 amide bonds. The summed E-state index contributed by atoms with van der Waals surface area (Å²) in [6.07, 6.45) is 11.0. The van der Waals surface area contributed by atoms with Crippen molar-refractivity contribution in [1.29, 1.82) is 0 Å². The summed E-state index contributed by atoms with van der Waals surface area (Å²) < 4.78 is 23.1. The second-order valence-corrected chi connectivity index (χ2v) is 9.86. The summed E-state index contributed by atoms with van der Waals surface area (Å²) in [5, 5.41) is 0. The number of methoxy groups -OCH3 is 1. The second-order valence-electron chi connectivity index (χ2n) is 9.86. The number of unbranched alkanes of at least 4 members (excludes halogenated alkanes) is 1. The van der Waals surface area contributed by atoms with Gasteiger partial charge in [-0.05, 0) is 56.4 Å². The summed E-state index contributed by atoms with van der Waals surface area (Å²) in [4.78, 5) is 25.4. The monoisotopic (exact) mass is 422 g/mol. The quantitative estimate of drug-likeness (QED) is 0.382. The van der Waals surface area contributed by atoms with Crippen molar-refractivity contribution < 1.29 is 28.5 Å². The van der Waals surface area contributed by atoms with Crippen LogP contribution in [0.2, 0.25) is 0 Å². The fraction of sp³-hybridized carbons (Fsp3) is 0.833. The summed E-state index contributed by atoms with van der Waals surface area (Å²) in [7, 11) is 1.36. The lowest BCUT2D eigenvalue weighted by atomic mass is 9.71. The van der Waals surface area contributed by atoms with E-state index in [1.807, 2.05) is 0 Å². The van der Waals surface area contributed by atoms with Crippen molar-refractivity contribution in [3.05, 3.63) is 11.8 Å². The highest BCUT2D eigenvalue weighted by Crippen LogP contribution is 2.61. The molecule has 0 aromatic rings. The van der Waals surface area contributed by atoms with Gasteiger partial charge in [0.1, 0.15) is 5.76 Å². The van der Waals surface area contributed by atoms with E-state index in [1.165, 1.54) is 13.5 Å². The van der Waals surface area contributed by atoms with Crippen molar-refractivity contribution in [3.8, 4) is 0 Å². The highest BCUT2D eigenvalue weighted by atomic mass is 16.7. The van der Waals surface area contributed by atoms with Gasteiger partial charge in [-0.25, -0.2) is 4.79 Å². The summed E-state index contributed by atoms with van der Waals surface area (Å²) in [6, 6.07) is 0. The smallest absolute Gasteiger partial charge is 0.351 e. The highest BCUT2D eigenvalue weighted by Gasteiger charge is 2.71. The summed E-state index contributed by atoms with van der Waals surface area (Å²) in [6.45, 7) is 7.38. The molecule has 0 N–H and O–H groups in total. The first-order valence-electron chi connectivity index (χ1n) is 11.6. The minimum absolute atomic E-state index is 0.102. The molecule has 0 radical (unpaired) electrons. The van der Waals surface area contributed by atoms with Gasteiger partial charge >= 0.3 is 11.9 Å². The van der Waals surface area contributed by atoms with Crippen molar-refractivity contribution in [2.45, 2.75) is 103 Å². The number of carbonyl (C=O) groups is 2. The molecule has 0 spiro atoms. The minimum Gasteiger partial charge on any atom is -0.469 e. The Morgan fingerprint density at radius 3 is 2.73 bits per heavy atom. The average molecular weight is 423 g/mol. The molecule has 6 nitrogen and oxygen atoms in total. The first-order chi connectivity index (χ1) is 14.3. The van der Waals surface area contributed by atoms with Crippen molar-refractivity contribution in [2.24, 2.45) is 10.8 Å². The van der Waals surface area contributed by atoms with E-state index >= 15 is 0 Å². The third-order valence-corrected chi connectivity index (χ3v) is 7.07. The van der Waals surface area contributed by atoms with Crippen LogP contribution in [0.25, 0.3) is 0 Å². The lowest BCUT2D eigenvalue weighted by molar-refractivity contribution is -0.184. The fourth-order valence-electron chi connectivity index (χ4n) is 5.28. The zero-order chi connectivity index (χ0) is 21.8. The number of esters is 2. The number of allylic oxidation sites excluding steroid dienone is 1. The molecule has 3 atom stereocenters. The van der Waals surface area contributed by atoms with Crippen LogP contribution >= 0.6 is 0 Å². The Balaban J connectivity index is 1.96. The fourth-order valence-corrected chi connectivity index (χ4v) is 5.28. The maximum atomic E-state index is 12.9. The van der Waals surface area contributed by atoms with Gasteiger partial charge in [0.2, 0.25) is 5.60 Å². The standard InChI is InChI=1S/C24H38O6/c1-5-6-12-22(2,3)15-11-18(29-20-10-7-8-16-28-20)23-13-9-14-24(23,21(26)27-4)30-19(25)17-23/h11,20H,5-10,12-17H2,1-4H3. The van der Waals surface area contributed by atoms with Crippen LogP contribution in [0, 0.1) is 10.8 Å². The van der Waals surface area contributed by atoms with E-state index in [-0.39, 0.29) is 24.1 Å². The van der Waals surface area contributed by atoms with Crippen LogP contribution in [0.3, 0.4) is 0 Å². The molecular weight excluding hydrogens is 384 g/mol. The van der Waals surface area contributed by atoms with Gasteiger partial charge in [0.25, 0.3) is 0 Å². The van der Waals surface area contributed by atoms with Crippen LogP contribution in [-0.2, 0) is 28.5 Å². The maximum absolute atomic E-state index is 12.9. The first-order valence-corrected chi connectivity index (χ1v) is 11.6. The second kappa shape index (κ2) is 9.29. The summed E-state index contributed by atoms with van der Waals surface area (Å²) in [5.74, 6) is -0.146. The summed E-state index contributed by atoms with van der Waals surface area (Å²) in [5.41, 5.74) is -1.99. The minimum atomic E-state index is -1.28. The number of hydrogen-bond donors (Lipinski definition) is 0. The lowest BCUT2D eigenvalue weighted by Crippen LogP contribution is -2.50. The molecule has 1 saturated carbocycles. The SMILES string of the molecule is CCCCC(C)(C)CC=C(OC1CCCCO1)C12CCCC1(C(=O)OC)OC(=O)C2. The van der Waals surface area contributed by atoms with E-state index in [0.717, 1.165) is 44.9 Å². The molecule has 2 saturated heterocycles. The number of hydrogen-bond acceptors (Lipinski definition) is 6. The van der Waals surface area contributed by atoms with Gasteiger partial charge in [0, 0.05) is 6.42 Å². The Morgan fingerprint density at radius 2 is 2.07 bits per heavy atom. The molecule has 0 bridgehead atoms. The van der Waals surface area contributed by atoms with Gasteiger partial charge in [0.05, 0.1) is 25.6 Å². The predicted octanol–water partition coefficient (Wildman–Crippen LogP) is 5.05. The van der Waals surface area contributed by atoms with Gasteiger partial charge in [-0.15, -0.1) is 0 Å². The third-order valence-electron chi connectivity index (χ3n) is 7.07. The number of fused-ring (bicyclic) bond motifs is 1. The maximum Gasteiger partial charge on any atom is 0.351 e. The van der Waals surface area contributed by atoms with Crippen LogP contribution in [0.4, 0.5) is 0 Å². The van der Waals surface area contributed by atoms with E-state index in [0.29, 0.717) is 25.2 Å². The molecule has 6 heteroatoms. The molecule has 3 fully saturated rings. The number of rotatable bonds is 9.